The summed E-state index contributed by atoms with van der Waals surface area (Å²) in [7, 11) is 0. The van der Waals surface area contributed by atoms with E-state index in [-0.39, 0.29) is 22.4 Å². The van der Waals surface area contributed by atoms with Crippen LogP contribution in [0.25, 0.3) is 0 Å². The van der Waals surface area contributed by atoms with Crippen LogP contribution >= 0.6 is 11.6 Å². The molecule has 0 unspecified atom stereocenters. The maximum absolute atomic E-state index is 14.4. The number of imide groups is 1. The molecule has 1 saturated heterocycles. The number of hydrogen-bond donors (Lipinski definition) is 0. The van der Waals surface area contributed by atoms with Crippen molar-refractivity contribution in [1.82, 2.24) is 10.0 Å². The molecule has 1 heterocycles. The van der Waals surface area contributed by atoms with Gasteiger partial charge in [-0.25, -0.2) is 5.01 Å². The average Bonchev–Trinajstić information content (AvgIpc) is 3.26. The molecule has 4 aromatic carbocycles. The van der Waals surface area contributed by atoms with Gasteiger partial charge in [0.2, 0.25) is 0 Å². The molecule has 202 valence electrons. The Kier molecular flexibility index (Phi) is 5.91. The smallest absolute Gasteiger partial charge is 0.274 e. The highest BCUT2D eigenvalue weighted by Gasteiger charge is 2.63. The standard InChI is InChI=1S/C34H25ClN2O4/c1-19-14-16-20(17-15-19)27(38)18-36(32(39)25-12-6-7-13-26(25)35)37-33(40)30-28-21-8-2-3-9-22(21)29(31(30)34(37)41)24-11-5-4-10-23(24)28/h2-17,28-31H,18H2,1H3/t28?,29?,30-,31-/m0/s1. The Morgan fingerprint density at radius 1 is 0.707 bits per heavy atom. The molecule has 2 bridgehead atoms. The van der Waals surface area contributed by atoms with Gasteiger partial charge in [-0.05, 0) is 41.3 Å². The fraction of sp³-hybridized carbons (Fsp3) is 0.176. The van der Waals surface area contributed by atoms with Crippen LogP contribution < -0.4 is 0 Å². The van der Waals surface area contributed by atoms with Crippen molar-refractivity contribution in [2.75, 3.05) is 6.54 Å². The molecule has 6 nitrogen and oxygen atoms in total. The number of carbonyl (C=O) groups excluding carboxylic acids is 4. The van der Waals surface area contributed by atoms with Gasteiger partial charge in [0.1, 0.15) is 6.54 Å². The lowest BCUT2D eigenvalue weighted by atomic mass is 9.55. The minimum absolute atomic E-state index is 0.107. The van der Waals surface area contributed by atoms with Crippen molar-refractivity contribution in [1.29, 1.82) is 0 Å². The Labute approximate surface area is 242 Å². The zero-order valence-electron chi connectivity index (χ0n) is 22.2. The second-order valence-electron chi connectivity index (χ2n) is 10.9. The van der Waals surface area contributed by atoms with Gasteiger partial charge in [-0.3, -0.25) is 19.2 Å². The number of halogens is 1. The zero-order chi connectivity index (χ0) is 28.4. The summed E-state index contributed by atoms with van der Waals surface area (Å²) in [5.41, 5.74) is 5.58. The van der Waals surface area contributed by atoms with E-state index in [4.69, 9.17) is 11.6 Å². The van der Waals surface area contributed by atoms with E-state index in [0.717, 1.165) is 37.8 Å². The van der Waals surface area contributed by atoms with Crippen molar-refractivity contribution >= 4 is 35.1 Å². The number of rotatable bonds is 5. The topological polar surface area (TPSA) is 74.8 Å². The van der Waals surface area contributed by atoms with Crippen LogP contribution in [0.4, 0.5) is 0 Å². The van der Waals surface area contributed by atoms with Crippen LogP contribution in [0.1, 0.15) is 60.4 Å². The van der Waals surface area contributed by atoms with E-state index in [1.54, 1.807) is 42.5 Å². The van der Waals surface area contributed by atoms with Gasteiger partial charge in [0, 0.05) is 17.4 Å². The molecule has 7 heteroatoms. The van der Waals surface area contributed by atoms with Crippen LogP contribution in [-0.4, -0.2) is 40.1 Å². The second kappa shape index (κ2) is 9.53. The molecule has 0 spiro atoms. The van der Waals surface area contributed by atoms with Gasteiger partial charge in [-0.15, -0.1) is 0 Å². The van der Waals surface area contributed by atoms with E-state index in [1.807, 2.05) is 55.5 Å². The lowest BCUT2D eigenvalue weighted by molar-refractivity contribution is -0.154. The Morgan fingerprint density at radius 2 is 1.17 bits per heavy atom. The van der Waals surface area contributed by atoms with Crippen molar-refractivity contribution in [2.45, 2.75) is 18.8 Å². The van der Waals surface area contributed by atoms with Gasteiger partial charge < -0.3 is 0 Å². The first-order valence-electron chi connectivity index (χ1n) is 13.6. The summed E-state index contributed by atoms with van der Waals surface area (Å²) in [4.78, 5) is 56.2. The van der Waals surface area contributed by atoms with E-state index in [0.29, 0.717) is 5.56 Å². The monoisotopic (exact) mass is 560 g/mol. The van der Waals surface area contributed by atoms with Gasteiger partial charge in [0.25, 0.3) is 17.7 Å². The number of hydrogen-bond acceptors (Lipinski definition) is 4. The highest BCUT2D eigenvalue weighted by atomic mass is 35.5. The van der Waals surface area contributed by atoms with Gasteiger partial charge in [0.15, 0.2) is 5.78 Å². The highest BCUT2D eigenvalue weighted by molar-refractivity contribution is 6.34. The largest absolute Gasteiger partial charge is 0.292 e. The maximum Gasteiger partial charge on any atom is 0.274 e. The van der Waals surface area contributed by atoms with Crippen molar-refractivity contribution in [3.63, 3.8) is 0 Å². The normalized spacial score (nSPS) is 21.8. The van der Waals surface area contributed by atoms with Crippen LogP contribution in [0.3, 0.4) is 0 Å². The van der Waals surface area contributed by atoms with Crippen LogP contribution in [0.15, 0.2) is 97.1 Å². The van der Waals surface area contributed by atoms with E-state index < -0.39 is 41.9 Å². The van der Waals surface area contributed by atoms with E-state index in [1.165, 1.54) is 6.07 Å². The Morgan fingerprint density at radius 3 is 1.66 bits per heavy atom. The predicted molar refractivity (Wildman–Crippen MR) is 153 cm³/mol. The fourth-order valence-corrected chi connectivity index (χ4v) is 7.09. The summed E-state index contributed by atoms with van der Waals surface area (Å²) in [6, 6.07) is 29.3. The molecule has 0 aromatic heterocycles. The lowest BCUT2D eigenvalue weighted by Crippen LogP contribution is -2.52. The Hall–Kier alpha value is -4.55. The van der Waals surface area contributed by atoms with Gasteiger partial charge in [0.05, 0.1) is 22.4 Å². The number of ketones is 1. The summed E-state index contributed by atoms with van der Waals surface area (Å²) in [5.74, 6) is -4.06. The molecule has 4 aromatic rings. The summed E-state index contributed by atoms with van der Waals surface area (Å²) >= 11 is 6.39. The van der Waals surface area contributed by atoms with E-state index in [9.17, 15) is 19.2 Å². The second-order valence-corrected chi connectivity index (χ2v) is 11.3. The molecule has 3 aliphatic carbocycles. The molecule has 1 fully saturated rings. The van der Waals surface area contributed by atoms with Crippen LogP contribution in [0, 0.1) is 18.8 Å². The van der Waals surface area contributed by atoms with Gasteiger partial charge in [-0.2, -0.15) is 5.01 Å². The first kappa shape index (κ1) is 25.4. The molecule has 2 atom stereocenters. The van der Waals surface area contributed by atoms with Gasteiger partial charge in [-0.1, -0.05) is 102 Å². The zero-order valence-corrected chi connectivity index (χ0v) is 22.9. The molecule has 4 aliphatic rings. The number of carbonyl (C=O) groups is 4. The summed E-state index contributed by atoms with van der Waals surface area (Å²) in [6.45, 7) is 1.42. The minimum atomic E-state index is -0.687. The van der Waals surface area contributed by atoms with Crippen LogP contribution in [0.2, 0.25) is 5.02 Å². The highest BCUT2D eigenvalue weighted by Crippen LogP contribution is 2.61. The molecule has 0 saturated carbocycles. The SMILES string of the molecule is Cc1ccc(C(=O)CN(C(=O)c2ccccc2Cl)N2C(=O)[C@H]3C4c5ccccc5C(c5ccccc54)[C@@H]3C2=O)cc1. The van der Waals surface area contributed by atoms with Gasteiger partial charge >= 0.3 is 0 Å². The third-order valence-electron chi connectivity index (χ3n) is 8.67. The average molecular weight is 561 g/mol. The fourth-order valence-electron chi connectivity index (χ4n) is 6.87. The molecule has 0 radical (unpaired) electrons. The molecule has 0 N–H and O–H groups in total. The van der Waals surface area contributed by atoms with Crippen molar-refractivity contribution in [2.24, 2.45) is 11.8 Å². The quantitative estimate of drug-likeness (QED) is 0.229. The summed E-state index contributed by atoms with van der Waals surface area (Å²) < 4.78 is 0. The first-order valence-corrected chi connectivity index (χ1v) is 14.0. The molecular formula is C34H25ClN2O4. The molecule has 8 rings (SSSR count). The Bertz CT molecular complexity index is 1650. The van der Waals surface area contributed by atoms with Crippen LogP contribution in [0.5, 0.6) is 0 Å². The molecule has 41 heavy (non-hydrogen) atoms. The number of amides is 3. The third-order valence-corrected chi connectivity index (χ3v) is 9.00. The Balaban J connectivity index is 1.34. The van der Waals surface area contributed by atoms with Crippen LogP contribution in [-0.2, 0) is 9.59 Å². The predicted octanol–water partition coefficient (Wildman–Crippen LogP) is 5.78. The van der Waals surface area contributed by atoms with E-state index in [2.05, 4.69) is 0 Å². The minimum Gasteiger partial charge on any atom is -0.292 e. The molecule has 1 aliphatic heterocycles. The first-order chi connectivity index (χ1) is 19.9. The third kappa shape index (κ3) is 3.78. The van der Waals surface area contributed by atoms with Crippen molar-refractivity contribution < 1.29 is 19.2 Å². The number of nitrogens with zero attached hydrogens (tertiary/aromatic N) is 2. The number of aryl methyl sites for hydroxylation is 1. The lowest BCUT2D eigenvalue weighted by Gasteiger charge is -2.45. The number of Topliss-reactive ketones (excluding diaryl/α,β-unsaturated/α-hetero) is 1. The number of benzene rings is 4. The summed E-state index contributed by atoms with van der Waals surface area (Å²) in [6.07, 6.45) is 0. The maximum atomic E-state index is 14.4. The van der Waals surface area contributed by atoms with Crippen molar-refractivity contribution in [3.8, 4) is 0 Å². The van der Waals surface area contributed by atoms with Crippen molar-refractivity contribution in [3.05, 3.63) is 141 Å². The van der Waals surface area contributed by atoms with E-state index >= 15 is 0 Å². The number of hydrazine groups is 1. The summed E-state index contributed by atoms with van der Waals surface area (Å²) in [5, 5.41) is 2.10. The molecule has 3 amide bonds. The molecular weight excluding hydrogens is 536 g/mol.